The van der Waals surface area contributed by atoms with Gasteiger partial charge in [-0.2, -0.15) is 0 Å². The molecular formula is C27H33N3O3. The van der Waals surface area contributed by atoms with Gasteiger partial charge in [0.2, 0.25) is 5.95 Å². The molecule has 1 aromatic heterocycles. The third kappa shape index (κ3) is 4.90. The number of hydrogen-bond acceptors (Lipinski definition) is 5. The first-order chi connectivity index (χ1) is 16.1. The molecule has 1 atom stereocenters. The maximum Gasteiger partial charge on any atom is 0.338 e. The zero-order chi connectivity index (χ0) is 23.2. The van der Waals surface area contributed by atoms with Crippen LogP contribution in [0.25, 0.3) is 11.0 Å². The molecule has 1 aliphatic heterocycles. The topological polar surface area (TPSA) is 65.4 Å². The Morgan fingerprint density at radius 1 is 1.06 bits per heavy atom. The fourth-order valence-electron chi connectivity index (χ4n) is 4.48. The van der Waals surface area contributed by atoms with E-state index in [1.165, 1.54) is 25.7 Å². The van der Waals surface area contributed by atoms with Crippen LogP contribution in [0.4, 0.5) is 5.95 Å². The lowest BCUT2D eigenvalue weighted by molar-refractivity contribution is -0.139. The molecule has 1 N–H and O–H groups in total. The summed E-state index contributed by atoms with van der Waals surface area (Å²) in [5.74, 6) is 1.17. The lowest BCUT2D eigenvalue weighted by Gasteiger charge is -2.30. The van der Waals surface area contributed by atoms with Crippen LogP contribution in [-0.4, -0.2) is 29.2 Å². The third-order valence-corrected chi connectivity index (χ3v) is 6.19. The number of carbonyl (C=O) groups is 1. The minimum Gasteiger partial charge on any atom is -0.497 e. The van der Waals surface area contributed by atoms with Crippen molar-refractivity contribution in [3.05, 3.63) is 65.4 Å². The van der Waals surface area contributed by atoms with Crippen molar-refractivity contribution in [3.63, 3.8) is 0 Å². The number of methoxy groups -OCH3 is 1. The molecule has 0 saturated carbocycles. The number of anilines is 1. The maximum absolute atomic E-state index is 13.4. The highest BCUT2D eigenvalue weighted by atomic mass is 16.5. The number of ether oxygens (including phenoxy) is 2. The number of benzene rings is 2. The smallest absolute Gasteiger partial charge is 0.338 e. The third-order valence-electron chi connectivity index (χ3n) is 6.19. The van der Waals surface area contributed by atoms with Gasteiger partial charge in [0, 0.05) is 5.70 Å². The van der Waals surface area contributed by atoms with Crippen LogP contribution < -0.4 is 10.1 Å². The number of allylic oxidation sites excluding steroid dienone is 1. The predicted octanol–water partition coefficient (Wildman–Crippen LogP) is 6.24. The number of aromatic nitrogens is 2. The summed E-state index contributed by atoms with van der Waals surface area (Å²) in [6, 6.07) is 15.5. The van der Waals surface area contributed by atoms with Gasteiger partial charge in [-0.25, -0.2) is 9.78 Å². The molecule has 1 unspecified atom stereocenters. The highest BCUT2D eigenvalue weighted by Gasteiger charge is 2.35. The first-order valence-electron chi connectivity index (χ1n) is 11.9. The van der Waals surface area contributed by atoms with Crippen LogP contribution in [0.2, 0.25) is 0 Å². The molecule has 0 radical (unpaired) electrons. The summed E-state index contributed by atoms with van der Waals surface area (Å²) in [5.41, 5.74) is 4.15. The average molecular weight is 448 g/mol. The van der Waals surface area contributed by atoms with Crippen molar-refractivity contribution in [2.24, 2.45) is 0 Å². The number of esters is 1. The second kappa shape index (κ2) is 10.6. The number of nitrogens with one attached hydrogen (secondary N) is 1. The molecule has 0 fully saturated rings. The Kier molecular flexibility index (Phi) is 7.33. The molecule has 174 valence electrons. The molecule has 4 rings (SSSR count). The highest BCUT2D eigenvalue weighted by molar-refractivity contribution is 5.94. The van der Waals surface area contributed by atoms with Gasteiger partial charge in [-0.15, -0.1) is 0 Å². The Balaban J connectivity index is 1.64. The molecule has 2 aromatic carbocycles. The summed E-state index contributed by atoms with van der Waals surface area (Å²) < 4.78 is 13.3. The van der Waals surface area contributed by atoms with E-state index in [2.05, 4.69) is 16.8 Å². The molecule has 1 aliphatic rings. The van der Waals surface area contributed by atoms with Gasteiger partial charge in [-0.05, 0) is 43.2 Å². The Bertz CT molecular complexity index is 1150. The van der Waals surface area contributed by atoms with Crippen molar-refractivity contribution < 1.29 is 14.3 Å². The molecule has 0 saturated heterocycles. The molecule has 0 bridgehead atoms. The van der Waals surface area contributed by atoms with E-state index in [0.717, 1.165) is 40.9 Å². The van der Waals surface area contributed by atoms with Crippen molar-refractivity contribution in [1.82, 2.24) is 9.55 Å². The van der Waals surface area contributed by atoms with Gasteiger partial charge in [-0.1, -0.05) is 63.3 Å². The van der Waals surface area contributed by atoms with E-state index in [9.17, 15) is 4.79 Å². The van der Waals surface area contributed by atoms with E-state index in [0.29, 0.717) is 18.1 Å². The van der Waals surface area contributed by atoms with Gasteiger partial charge < -0.3 is 14.8 Å². The van der Waals surface area contributed by atoms with E-state index in [1.54, 1.807) is 7.11 Å². The minimum absolute atomic E-state index is 0.287. The molecule has 6 heteroatoms. The molecule has 0 amide bonds. The quantitative estimate of drug-likeness (QED) is 0.294. The van der Waals surface area contributed by atoms with Crippen molar-refractivity contribution in [2.45, 2.75) is 58.4 Å². The Hall–Kier alpha value is -3.28. The fraction of sp³-hybridized carbons (Fsp3) is 0.407. The summed E-state index contributed by atoms with van der Waals surface area (Å²) >= 11 is 0. The summed E-state index contributed by atoms with van der Waals surface area (Å²) in [4.78, 5) is 18.1. The number of fused-ring (bicyclic) bond motifs is 3. The predicted molar refractivity (Wildman–Crippen MR) is 132 cm³/mol. The number of nitrogens with zero attached hydrogens (tertiary/aromatic N) is 2. The van der Waals surface area contributed by atoms with Crippen LogP contribution in [0.5, 0.6) is 5.75 Å². The molecule has 33 heavy (non-hydrogen) atoms. The summed E-state index contributed by atoms with van der Waals surface area (Å²) in [6.07, 6.45) is 6.89. The van der Waals surface area contributed by atoms with Crippen LogP contribution in [0.1, 0.15) is 64.0 Å². The SMILES string of the molecule is CCCCCCCCOC(=O)C1=C(C)Nc2nc3ccccc3n2C1c1cccc(OC)c1. The Labute approximate surface area is 195 Å². The number of hydrogen-bond donors (Lipinski definition) is 1. The molecule has 2 heterocycles. The van der Waals surface area contributed by atoms with Gasteiger partial charge in [-0.3, -0.25) is 4.57 Å². The molecule has 3 aromatic rings. The number of imidazole rings is 1. The van der Waals surface area contributed by atoms with E-state index < -0.39 is 0 Å². The van der Waals surface area contributed by atoms with Gasteiger partial charge in [0.05, 0.1) is 36.4 Å². The van der Waals surface area contributed by atoms with Crippen LogP contribution in [-0.2, 0) is 9.53 Å². The molecule has 6 nitrogen and oxygen atoms in total. The van der Waals surface area contributed by atoms with Crippen molar-refractivity contribution in [1.29, 1.82) is 0 Å². The lowest BCUT2D eigenvalue weighted by atomic mass is 9.95. The lowest BCUT2D eigenvalue weighted by Crippen LogP contribution is -2.29. The minimum atomic E-state index is -0.360. The van der Waals surface area contributed by atoms with Gasteiger partial charge in [0.1, 0.15) is 5.75 Å². The van der Waals surface area contributed by atoms with E-state index in [1.807, 2.05) is 55.5 Å². The molecule has 0 spiro atoms. The summed E-state index contributed by atoms with van der Waals surface area (Å²) in [6.45, 7) is 4.56. The van der Waals surface area contributed by atoms with Crippen molar-refractivity contribution in [2.75, 3.05) is 19.0 Å². The standard InChI is InChI=1S/C27H33N3O3/c1-4-5-6-7-8-11-17-33-26(31)24-19(2)28-27-29-22-15-9-10-16-23(22)30(27)25(24)20-13-12-14-21(18-20)32-3/h9-10,12-16,18,25H,4-8,11,17H2,1-3H3,(H,28,29). The first kappa shape index (κ1) is 22.9. The number of unbranched alkanes of at least 4 members (excludes halogenated alkanes) is 5. The van der Waals surface area contributed by atoms with Crippen molar-refractivity contribution >= 4 is 23.0 Å². The summed E-state index contributed by atoms with van der Waals surface area (Å²) in [5, 5.41) is 3.33. The average Bonchev–Trinajstić information content (AvgIpc) is 3.20. The molecular weight excluding hydrogens is 414 g/mol. The zero-order valence-corrected chi connectivity index (χ0v) is 19.8. The Morgan fingerprint density at radius 3 is 2.67 bits per heavy atom. The number of para-hydroxylation sites is 2. The second-order valence-electron chi connectivity index (χ2n) is 8.54. The highest BCUT2D eigenvalue weighted by Crippen LogP contribution is 2.40. The monoisotopic (exact) mass is 447 g/mol. The maximum atomic E-state index is 13.4. The normalized spacial score (nSPS) is 15.3. The zero-order valence-electron chi connectivity index (χ0n) is 19.8. The van der Waals surface area contributed by atoms with Crippen LogP contribution in [0.15, 0.2) is 59.8 Å². The number of rotatable bonds is 10. The largest absolute Gasteiger partial charge is 0.497 e. The van der Waals surface area contributed by atoms with Gasteiger partial charge in [0.25, 0.3) is 0 Å². The van der Waals surface area contributed by atoms with Crippen molar-refractivity contribution in [3.8, 4) is 5.75 Å². The second-order valence-corrected chi connectivity index (χ2v) is 8.54. The van der Waals surface area contributed by atoms with E-state index >= 15 is 0 Å². The Morgan fingerprint density at radius 2 is 1.85 bits per heavy atom. The molecule has 0 aliphatic carbocycles. The first-order valence-corrected chi connectivity index (χ1v) is 11.9. The van der Waals surface area contributed by atoms with Crippen LogP contribution >= 0.6 is 0 Å². The van der Waals surface area contributed by atoms with E-state index in [-0.39, 0.29) is 12.0 Å². The number of carbonyl (C=O) groups excluding carboxylic acids is 1. The van der Waals surface area contributed by atoms with Gasteiger partial charge >= 0.3 is 5.97 Å². The van der Waals surface area contributed by atoms with Crippen LogP contribution in [0, 0.1) is 0 Å². The van der Waals surface area contributed by atoms with E-state index in [4.69, 9.17) is 14.5 Å². The van der Waals surface area contributed by atoms with Crippen LogP contribution in [0.3, 0.4) is 0 Å². The summed E-state index contributed by atoms with van der Waals surface area (Å²) in [7, 11) is 1.65. The van der Waals surface area contributed by atoms with Gasteiger partial charge in [0.15, 0.2) is 0 Å². The fourth-order valence-corrected chi connectivity index (χ4v) is 4.48.